The van der Waals surface area contributed by atoms with Crippen molar-refractivity contribution in [3.8, 4) is 5.75 Å². The molecule has 178 valence electrons. The Hall–Kier alpha value is -2.77. The number of likely N-dealkylation sites (tertiary alicyclic amines) is 1. The lowest BCUT2D eigenvalue weighted by Crippen LogP contribution is -2.46. The number of hydrogen-bond acceptors (Lipinski definition) is 5. The van der Waals surface area contributed by atoms with E-state index in [1.165, 1.54) is 0 Å². The number of carbonyl (C=O) groups excluding carboxylic acids is 3. The van der Waals surface area contributed by atoms with Crippen molar-refractivity contribution in [1.82, 2.24) is 15.5 Å². The molecule has 0 aromatic heterocycles. The third kappa shape index (κ3) is 9.58. The van der Waals surface area contributed by atoms with Crippen molar-refractivity contribution in [2.24, 2.45) is 5.92 Å². The minimum absolute atomic E-state index is 0.0573. The lowest BCUT2D eigenvalue weighted by Gasteiger charge is -2.32. The maximum absolute atomic E-state index is 12.6. The third-order valence-electron chi connectivity index (χ3n) is 5.03. The summed E-state index contributed by atoms with van der Waals surface area (Å²) < 4.78 is 10.9. The fraction of sp³-hybridized carbons (Fsp3) is 0.625. The summed E-state index contributed by atoms with van der Waals surface area (Å²) in [5.41, 5.74) is 0.579. The molecule has 1 saturated heterocycles. The van der Waals surface area contributed by atoms with Crippen LogP contribution >= 0.6 is 0 Å². The lowest BCUT2D eigenvalue weighted by molar-refractivity contribution is -0.135. The molecule has 1 atom stereocenters. The highest BCUT2D eigenvalue weighted by Crippen LogP contribution is 2.18. The molecule has 0 aliphatic carbocycles. The van der Waals surface area contributed by atoms with Crippen LogP contribution in [0, 0.1) is 12.8 Å². The Labute approximate surface area is 191 Å². The van der Waals surface area contributed by atoms with Crippen LogP contribution in [0.25, 0.3) is 0 Å². The van der Waals surface area contributed by atoms with E-state index in [1.807, 2.05) is 31.2 Å². The van der Waals surface area contributed by atoms with Gasteiger partial charge in [0.05, 0.1) is 12.5 Å². The molecule has 2 rings (SSSR count). The van der Waals surface area contributed by atoms with Crippen molar-refractivity contribution < 1.29 is 23.9 Å². The van der Waals surface area contributed by atoms with Gasteiger partial charge in [0, 0.05) is 32.6 Å². The number of ether oxygens (including phenoxy) is 2. The van der Waals surface area contributed by atoms with E-state index >= 15 is 0 Å². The van der Waals surface area contributed by atoms with Gasteiger partial charge in [-0.05, 0) is 64.7 Å². The zero-order valence-electron chi connectivity index (χ0n) is 19.7. The van der Waals surface area contributed by atoms with Gasteiger partial charge in [-0.15, -0.1) is 0 Å². The van der Waals surface area contributed by atoms with Crippen molar-refractivity contribution in [2.75, 3.05) is 32.8 Å². The highest BCUT2D eigenvalue weighted by Gasteiger charge is 2.28. The molecule has 8 nitrogen and oxygen atoms in total. The molecule has 1 aliphatic rings. The second-order valence-corrected chi connectivity index (χ2v) is 9.17. The summed E-state index contributed by atoms with van der Waals surface area (Å²) in [5, 5.41) is 5.45. The molecular formula is C24H37N3O5. The molecule has 2 N–H and O–H groups in total. The van der Waals surface area contributed by atoms with Gasteiger partial charge in [-0.1, -0.05) is 12.1 Å². The van der Waals surface area contributed by atoms with E-state index in [0.29, 0.717) is 39.1 Å². The number of piperidine rings is 1. The van der Waals surface area contributed by atoms with Crippen molar-refractivity contribution in [1.29, 1.82) is 0 Å². The molecule has 1 aromatic carbocycles. The van der Waals surface area contributed by atoms with Crippen LogP contribution in [0.5, 0.6) is 5.75 Å². The van der Waals surface area contributed by atoms with Crippen LogP contribution in [0.3, 0.4) is 0 Å². The van der Waals surface area contributed by atoms with Crippen LogP contribution in [0.15, 0.2) is 24.3 Å². The molecule has 0 bridgehead atoms. The topological polar surface area (TPSA) is 97.0 Å². The van der Waals surface area contributed by atoms with E-state index < -0.39 is 11.7 Å². The summed E-state index contributed by atoms with van der Waals surface area (Å²) >= 11 is 0. The van der Waals surface area contributed by atoms with Crippen molar-refractivity contribution >= 4 is 17.9 Å². The molecule has 1 heterocycles. The van der Waals surface area contributed by atoms with Crippen LogP contribution < -0.4 is 15.4 Å². The first-order valence-electron chi connectivity index (χ1n) is 11.4. The number of aryl methyl sites for hydroxylation is 1. The number of alkyl carbamates (subject to hydrolysis) is 1. The summed E-state index contributed by atoms with van der Waals surface area (Å²) in [4.78, 5) is 38.4. The van der Waals surface area contributed by atoms with Gasteiger partial charge in [-0.2, -0.15) is 0 Å². The predicted molar refractivity (Wildman–Crippen MR) is 122 cm³/mol. The Morgan fingerprint density at radius 2 is 1.91 bits per heavy atom. The number of nitrogens with zero attached hydrogens (tertiary/aromatic N) is 1. The highest BCUT2D eigenvalue weighted by atomic mass is 16.6. The largest absolute Gasteiger partial charge is 0.494 e. The van der Waals surface area contributed by atoms with Gasteiger partial charge in [0.15, 0.2) is 0 Å². The Kier molecular flexibility index (Phi) is 9.81. The quantitative estimate of drug-likeness (QED) is 0.567. The number of nitrogens with one attached hydrogen (secondary N) is 2. The third-order valence-corrected chi connectivity index (χ3v) is 5.03. The van der Waals surface area contributed by atoms with Gasteiger partial charge in [0.25, 0.3) is 0 Å². The van der Waals surface area contributed by atoms with Gasteiger partial charge < -0.3 is 25.0 Å². The van der Waals surface area contributed by atoms with E-state index in [-0.39, 0.29) is 24.3 Å². The molecule has 32 heavy (non-hydrogen) atoms. The van der Waals surface area contributed by atoms with Crippen LogP contribution in [-0.4, -0.2) is 61.2 Å². The zero-order chi connectivity index (χ0) is 23.6. The van der Waals surface area contributed by atoms with Gasteiger partial charge in [-0.3, -0.25) is 9.59 Å². The molecule has 1 aromatic rings. The van der Waals surface area contributed by atoms with Crippen LogP contribution in [0.4, 0.5) is 4.79 Å². The highest BCUT2D eigenvalue weighted by molar-refractivity contribution is 5.81. The predicted octanol–water partition coefficient (Wildman–Crippen LogP) is 3.03. The van der Waals surface area contributed by atoms with E-state index in [0.717, 1.165) is 24.2 Å². The van der Waals surface area contributed by atoms with Crippen LogP contribution in [-0.2, 0) is 14.3 Å². The van der Waals surface area contributed by atoms with Crippen LogP contribution in [0.1, 0.15) is 52.0 Å². The number of benzene rings is 1. The monoisotopic (exact) mass is 447 g/mol. The first kappa shape index (κ1) is 25.5. The second kappa shape index (κ2) is 12.3. The number of amides is 3. The van der Waals surface area contributed by atoms with E-state index in [9.17, 15) is 14.4 Å². The van der Waals surface area contributed by atoms with Crippen molar-refractivity contribution in [2.45, 2.75) is 59.0 Å². The maximum Gasteiger partial charge on any atom is 0.407 e. The first-order chi connectivity index (χ1) is 15.1. The normalized spacial score (nSPS) is 16.2. The molecular weight excluding hydrogens is 410 g/mol. The maximum atomic E-state index is 12.6. The lowest BCUT2D eigenvalue weighted by atomic mass is 9.96. The number of rotatable bonds is 9. The smallest absolute Gasteiger partial charge is 0.407 e. The summed E-state index contributed by atoms with van der Waals surface area (Å²) in [5.74, 6) is 0.560. The van der Waals surface area contributed by atoms with Gasteiger partial charge in [0.2, 0.25) is 11.8 Å². The van der Waals surface area contributed by atoms with Gasteiger partial charge in [-0.25, -0.2) is 4.79 Å². The average molecular weight is 448 g/mol. The summed E-state index contributed by atoms with van der Waals surface area (Å²) in [6.07, 6.45) is 2.09. The number of hydrogen-bond donors (Lipinski definition) is 2. The molecule has 1 aliphatic heterocycles. The minimum Gasteiger partial charge on any atom is -0.494 e. The van der Waals surface area contributed by atoms with Crippen LogP contribution in [0.2, 0.25) is 0 Å². The molecule has 0 radical (unpaired) electrons. The first-order valence-corrected chi connectivity index (χ1v) is 11.4. The molecule has 0 saturated carbocycles. The van der Waals surface area contributed by atoms with Gasteiger partial charge >= 0.3 is 6.09 Å². The average Bonchev–Trinajstić information content (AvgIpc) is 2.73. The minimum atomic E-state index is -0.557. The Balaban J connectivity index is 1.64. The molecule has 0 spiro atoms. The summed E-state index contributed by atoms with van der Waals surface area (Å²) in [7, 11) is 0. The zero-order valence-corrected chi connectivity index (χ0v) is 19.7. The fourth-order valence-electron chi connectivity index (χ4n) is 3.50. The standard InChI is InChI=1S/C24H37N3O5/c1-18-8-5-10-20(16-18)31-15-7-11-21(28)27-14-6-9-19(17-27)22(29)25-12-13-26-23(30)32-24(2,3)4/h5,8,10,16,19H,6-7,9,11-15,17H2,1-4H3,(H,25,29)(H,26,30). The van der Waals surface area contributed by atoms with Crippen molar-refractivity contribution in [3.05, 3.63) is 29.8 Å². The SMILES string of the molecule is Cc1cccc(OCCCC(=O)N2CCCC(C(=O)NCCNC(=O)OC(C)(C)C)C2)c1. The van der Waals surface area contributed by atoms with Gasteiger partial charge in [0.1, 0.15) is 11.4 Å². The molecule has 8 heteroatoms. The van der Waals surface area contributed by atoms with E-state index in [2.05, 4.69) is 10.6 Å². The summed E-state index contributed by atoms with van der Waals surface area (Å²) in [6.45, 7) is 9.60. The Morgan fingerprint density at radius 1 is 1.16 bits per heavy atom. The summed E-state index contributed by atoms with van der Waals surface area (Å²) in [6, 6.07) is 7.84. The van der Waals surface area contributed by atoms with E-state index in [1.54, 1.807) is 25.7 Å². The van der Waals surface area contributed by atoms with Crippen molar-refractivity contribution in [3.63, 3.8) is 0 Å². The second-order valence-electron chi connectivity index (χ2n) is 9.17. The van der Waals surface area contributed by atoms with E-state index in [4.69, 9.17) is 9.47 Å². The molecule has 1 unspecified atom stereocenters. The molecule has 1 fully saturated rings. The fourth-order valence-corrected chi connectivity index (χ4v) is 3.50. The Bertz CT molecular complexity index is 775. The number of carbonyl (C=O) groups is 3. The molecule has 3 amide bonds. The Morgan fingerprint density at radius 3 is 2.62 bits per heavy atom.